The van der Waals surface area contributed by atoms with Crippen LogP contribution in [0.2, 0.25) is 10.0 Å². The Kier molecular flexibility index (Phi) is 8.07. The molecule has 1 unspecified atom stereocenters. The van der Waals surface area contributed by atoms with Crippen LogP contribution in [-0.2, 0) is 9.53 Å². The van der Waals surface area contributed by atoms with Crippen LogP contribution in [0.3, 0.4) is 0 Å². The van der Waals surface area contributed by atoms with Gasteiger partial charge in [-0.05, 0) is 73.4 Å². The molecule has 0 N–H and O–H groups in total. The van der Waals surface area contributed by atoms with E-state index in [4.69, 9.17) is 27.9 Å². The molecule has 1 saturated heterocycles. The summed E-state index contributed by atoms with van der Waals surface area (Å²) >= 11 is 12.7. The molecule has 0 spiro atoms. The maximum Gasteiger partial charge on any atom is 0.229 e. The third kappa shape index (κ3) is 5.53. The minimum Gasteiger partial charge on any atom is -0.379 e. The molecule has 182 valence electrons. The molecule has 1 aliphatic carbocycles. The summed E-state index contributed by atoms with van der Waals surface area (Å²) in [6.45, 7) is 9.53. The molecule has 2 aromatic rings. The first kappa shape index (κ1) is 25.3. The molecule has 0 aromatic heterocycles. The van der Waals surface area contributed by atoms with Crippen LogP contribution in [-0.4, -0.2) is 30.1 Å². The highest BCUT2D eigenvalue weighted by atomic mass is 35.5. The molecule has 4 rings (SSSR count). The zero-order valence-electron chi connectivity index (χ0n) is 20.2. The van der Waals surface area contributed by atoms with Crippen LogP contribution in [0.25, 0.3) is 0 Å². The molecular weight excluding hydrogens is 465 g/mol. The number of amides is 1. The molecule has 2 aromatic carbocycles. The van der Waals surface area contributed by atoms with Gasteiger partial charge in [0, 0.05) is 22.6 Å². The van der Waals surface area contributed by atoms with Gasteiger partial charge in [-0.3, -0.25) is 4.79 Å². The van der Waals surface area contributed by atoms with Crippen molar-refractivity contribution in [1.82, 2.24) is 4.90 Å². The standard InChI is InChI=1S/C29H35Cl2NO2/c1-4-15-29(3)17-26(22-7-6-8-24(31)16-22)27(21-11-13-23(30)14-12-21)32(28(29)33)25(5-2)19-34-18-20-9-10-20/h4,6-8,11-14,16,20,25-27H,1,5,9-10,15,17-19H2,2-3H3/t25-,26?,27+,29-/m0/s1. The molecule has 1 saturated carbocycles. The molecule has 2 fully saturated rings. The van der Waals surface area contributed by atoms with Gasteiger partial charge in [-0.15, -0.1) is 6.58 Å². The van der Waals surface area contributed by atoms with Crippen LogP contribution >= 0.6 is 23.2 Å². The largest absolute Gasteiger partial charge is 0.379 e. The summed E-state index contributed by atoms with van der Waals surface area (Å²) in [4.78, 5) is 16.3. The second-order valence-electron chi connectivity index (χ2n) is 10.2. The Bertz CT molecular complexity index is 1000. The quantitative estimate of drug-likeness (QED) is 0.311. The van der Waals surface area contributed by atoms with Gasteiger partial charge in [0.15, 0.2) is 0 Å². The second-order valence-corrected chi connectivity index (χ2v) is 11.0. The van der Waals surface area contributed by atoms with E-state index in [-0.39, 0.29) is 23.9 Å². The van der Waals surface area contributed by atoms with Crippen molar-refractivity contribution in [2.24, 2.45) is 11.3 Å². The first-order chi connectivity index (χ1) is 16.4. The van der Waals surface area contributed by atoms with Crippen molar-refractivity contribution in [3.8, 4) is 0 Å². The monoisotopic (exact) mass is 499 g/mol. The Morgan fingerprint density at radius 1 is 1.15 bits per heavy atom. The summed E-state index contributed by atoms with van der Waals surface area (Å²) in [5.74, 6) is 0.944. The van der Waals surface area contributed by atoms with Gasteiger partial charge in [0.05, 0.1) is 24.1 Å². The number of carbonyl (C=O) groups excluding carboxylic acids is 1. The van der Waals surface area contributed by atoms with E-state index in [2.05, 4.69) is 43.5 Å². The number of nitrogens with zero attached hydrogens (tertiary/aromatic N) is 1. The van der Waals surface area contributed by atoms with Gasteiger partial charge in [-0.1, -0.05) is 67.4 Å². The average molecular weight is 501 g/mol. The van der Waals surface area contributed by atoms with E-state index in [1.807, 2.05) is 36.4 Å². The first-order valence-electron chi connectivity index (χ1n) is 12.4. The van der Waals surface area contributed by atoms with Gasteiger partial charge in [-0.2, -0.15) is 0 Å². The summed E-state index contributed by atoms with van der Waals surface area (Å²) in [6, 6.07) is 15.9. The molecule has 1 aliphatic heterocycles. The molecule has 5 heteroatoms. The normalized spacial score (nSPS) is 25.9. The highest BCUT2D eigenvalue weighted by Gasteiger charge is 2.50. The smallest absolute Gasteiger partial charge is 0.229 e. The number of benzene rings is 2. The summed E-state index contributed by atoms with van der Waals surface area (Å²) < 4.78 is 6.15. The zero-order chi connectivity index (χ0) is 24.3. The van der Waals surface area contributed by atoms with E-state index < -0.39 is 5.41 Å². The van der Waals surface area contributed by atoms with Crippen molar-refractivity contribution < 1.29 is 9.53 Å². The molecule has 3 nitrogen and oxygen atoms in total. The van der Waals surface area contributed by atoms with Crippen LogP contribution in [0.4, 0.5) is 0 Å². The fourth-order valence-electron chi connectivity index (χ4n) is 5.34. The molecule has 0 bridgehead atoms. The van der Waals surface area contributed by atoms with E-state index in [1.54, 1.807) is 0 Å². The molecule has 4 atom stereocenters. The minimum absolute atomic E-state index is 0.0157. The van der Waals surface area contributed by atoms with Crippen molar-refractivity contribution in [3.63, 3.8) is 0 Å². The zero-order valence-corrected chi connectivity index (χ0v) is 21.7. The highest BCUT2D eigenvalue weighted by molar-refractivity contribution is 6.30. The van der Waals surface area contributed by atoms with Crippen molar-refractivity contribution in [2.45, 2.75) is 64.0 Å². The van der Waals surface area contributed by atoms with E-state index in [0.717, 1.165) is 30.6 Å². The third-order valence-electron chi connectivity index (χ3n) is 7.41. The van der Waals surface area contributed by atoms with Crippen LogP contribution in [0.1, 0.15) is 69.0 Å². The van der Waals surface area contributed by atoms with E-state index in [9.17, 15) is 4.79 Å². The minimum atomic E-state index is -0.540. The summed E-state index contributed by atoms with van der Waals surface area (Å²) in [5.41, 5.74) is 1.69. The number of hydrogen-bond acceptors (Lipinski definition) is 2. The summed E-state index contributed by atoms with van der Waals surface area (Å²) in [5, 5.41) is 1.40. The Morgan fingerprint density at radius 2 is 1.88 bits per heavy atom. The fourth-order valence-corrected chi connectivity index (χ4v) is 5.66. The molecule has 1 heterocycles. The number of ether oxygens (including phenoxy) is 1. The van der Waals surface area contributed by atoms with Gasteiger partial charge >= 0.3 is 0 Å². The number of piperidine rings is 1. The number of hydrogen-bond donors (Lipinski definition) is 0. The van der Waals surface area contributed by atoms with Gasteiger partial charge in [0.1, 0.15) is 0 Å². The molecule has 0 radical (unpaired) electrons. The fraction of sp³-hybridized carbons (Fsp3) is 0.483. The van der Waals surface area contributed by atoms with Crippen LogP contribution in [0, 0.1) is 11.3 Å². The van der Waals surface area contributed by atoms with Crippen molar-refractivity contribution in [2.75, 3.05) is 13.2 Å². The number of likely N-dealkylation sites (tertiary alicyclic amines) is 1. The molecule has 2 aliphatic rings. The summed E-state index contributed by atoms with van der Waals surface area (Å²) in [7, 11) is 0. The van der Waals surface area contributed by atoms with E-state index in [0.29, 0.717) is 29.0 Å². The summed E-state index contributed by atoms with van der Waals surface area (Å²) in [6.07, 6.45) is 6.56. The predicted molar refractivity (Wildman–Crippen MR) is 140 cm³/mol. The average Bonchev–Trinajstić information content (AvgIpc) is 3.64. The number of carbonyl (C=O) groups is 1. The maximum atomic E-state index is 14.2. The lowest BCUT2D eigenvalue weighted by Crippen LogP contribution is -2.56. The number of allylic oxidation sites excluding steroid dienone is 1. The van der Waals surface area contributed by atoms with Gasteiger partial charge in [-0.25, -0.2) is 0 Å². The van der Waals surface area contributed by atoms with Crippen LogP contribution < -0.4 is 0 Å². The lowest BCUT2D eigenvalue weighted by atomic mass is 9.67. The third-order valence-corrected chi connectivity index (χ3v) is 7.90. The highest BCUT2D eigenvalue weighted by Crippen LogP contribution is 2.52. The topological polar surface area (TPSA) is 29.5 Å². The Balaban J connectivity index is 1.79. The van der Waals surface area contributed by atoms with Crippen molar-refractivity contribution in [1.29, 1.82) is 0 Å². The number of rotatable bonds is 10. The Morgan fingerprint density at radius 3 is 2.50 bits per heavy atom. The second kappa shape index (κ2) is 10.8. The number of halogens is 2. The predicted octanol–water partition coefficient (Wildman–Crippen LogP) is 7.84. The van der Waals surface area contributed by atoms with Crippen LogP contribution in [0.5, 0.6) is 0 Å². The van der Waals surface area contributed by atoms with Gasteiger partial charge in [0.2, 0.25) is 5.91 Å². The molecule has 1 amide bonds. The lowest BCUT2D eigenvalue weighted by molar-refractivity contribution is -0.156. The Hall–Kier alpha value is -1.81. The van der Waals surface area contributed by atoms with Gasteiger partial charge in [0.25, 0.3) is 0 Å². The van der Waals surface area contributed by atoms with Crippen molar-refractivity contribution in [3.05, 3.63) is 82.4 Å². The lowest BCUT2D eigenvalue weighted by Gasteiger charge is -2.52. The first-order valence-corrected chi connectivity index (χ1v) is 13.1. The van der Waals surface area contributed by atoms with E-state index >= 15 is 0 Å². The molecule has 34 heavy (non-hydrogen) atoms. The Labute approximate surface area is 214 Å². The van der Waals surface area contributed by atoms with E-state index in [1.165, 1.54) is 12.8 Å². The van der Waals surface area contributed by atoms with Crippen LogP contribution in [0.15, 0.2) is 61.2 Å². The SMILES string of the molecule is C=CC[C@@]1(C)CC(c2cccc(Cl)c2)[C@@H](c2ccc(Cl)cc2)N([C@@H](CC)COCC2CC2)C1=O. The van der Waals surface area contributed by atoms with Gasteiger partial charge < -0.3 is 9.64 Å². The maximum absolute atomic E-state index is 14.2. The molecular formula is C29H35Cl2NO2. The van der Waals surface area contributed by atoms with Crippen molar-refractivity contribution >= 4 is 29.1 Å².